The monoisotopic (exact) mass is 278 g/mol. The van der Waals surface area contributed by atoms with Crippen LogP contribution in [-0.4, -0.2) is 28.1 Å². The third-order valence-corrected chi connectivity index (χ3v) is 4.46. The van der Waals surface area contributed by atoms with Gasteiger partial charge < -0.3 is 15.0 Å². The van der Waals surface area contributed by atoms with E-state index in [9.17, 15) is 14.7 Å². The van der Waals surface area contributed by atoms with Gasteiger partial charge in [-0.05, 0) is 31.9 Å². The second-order valence-corrected chi connectivity index (χ2v) is 5.75. The second kappa shape index (κ2) is 5.69. The minimum atomic E-state index is -0.791. The van der Waals surface area contributed by atoms with E-state index in [2.05, 4.69) is 5.32 Å². The summed E-state index contributed by atoms with van der Waals surface area (Å²) in [6, 6.07) is 3.64. The van der Waals surface area contributed by atoms with Crippen LogP contribution in [0.3, 0.4) is 0 Å². The number of aromatic nitrogens is 1. The summed E-state index contributed by atoms with van der Waals surface area (Å²) in [7, 11) is 1.83. The highest BCUT2D eigenvalue weighted by atomic mass is 16.4. The molecule has 0 unspecified atom stereocenters. The first-order valence-corrected chi connectivity index (χ1v) is 7.10. The molecule has 1 aliphatic rings. The van der Waals surface area contributed by atoms with E-state index in [0.29, 0.717) is 18.5 Å². The Morgan fingerprint density at radius 3 is 2.45 bits per heavy atom. The molecule has 0 aromatic carbocycles. The van der Waals surface area contributed by atoms with Crippen LogP contribution >= 0.6 is 0 Å². The molecule has 5 heteroatoms. The lowest BCUT2D eigenvalue weighted by Crippen LogP contribution is -2.44. The number of nitrogens with one attached hydrogen (secondary N) is 1. The van der Waals surface area contributed by atoms with Gasteiger partial charge in [0.2, 0.25) is 0 Å². The van der Waals surface area contributed by atoms with Crippen molar-refractivity contribution >= 4 is 11.9 Å². The Hall–Kier alpha value is -1.78. The number of aliphatic carboxylic acids is 1. The van der Waals surface area contributed by atoms with Crippen LogP contribution in [0.5, 0.6) is 0 Å². The Bertz CT molecular complexity index is 513. The lowest BCUT2D eigenvalue weighted by atomic mass is 9.74. The van der Waals surface area contributed by atoms with Gasteiger partial charge in [-0.2, -0.15) is 0 Å². The third kappa shape index (κ3) is 2.71. The lowest BCUT2D eigenvalue weighted by molar-refractivity contribution is -0.150. The second-order valence-electron chi connectivity index (χ2n) is 5.75. The number of hydrogen-bond donors (Lipinski definition) is 2. The fourth-order valence-electron chi connectivity index (χ4n) is 2.88. The normalized spacial score (nSPS) is 17.7. The summed E-state index contributed by atoms with van der Waals surface area (Å²) < 4.78 is 1.81. The number of carboxylic acids is 1. The number of rotatable bonds is 4. The molecule has 0 bridgehead atoms. The van der Waals surface area contributed by atoms with E-state index in [4.69, 9.17) is 0 Å². The molecule has 0 radical (unpaired) electrons. The molecule has 1 saturated carbocycles. The fourth-order valence-corrected chi connectivity index (χ4v) is 2.88. The van der Waals surface area contributed by atoms with Crippen LogP contribution in [0, 0.1) is 12.3 Å². The van der Waals surface area contributed by atoms with Gasteiger partial charge in [-0.15, -0.1) is 0 Å². The van der Waals surface area contributed by atoms with Crippen molar-refractivity contribution in [2.24, 2.45) is 12.5 Å². The summed E-state index contributed by atoms with van der Waals surface area (Å²) in [5, 5.41) is 12.3. The smallest absolute Gasteiger partial charge is 0.311 e. The number of carboxylic acid groups (broad SMARTS) is 1. The van der Waals surface area contributed by atoms with E-state index < -0.39 is 11.4 Å². The fraction of sp³-hybridized carbons (Fsp3) is 0.600. The first-order chi connectivity index (χ1) is 9.46. The number of hydrogen-bond acceptors (Lipinski definition) is 2. The molecule has 0 spiro atoms. The minimum absolute atomic E-state index is 0.202. The van der Waals surface area contributed by atoms with Gasteiger partial charge in [0.25, 0.3) is 5.91 Å². The largest absolute Gasteiger partial charge is 0.481 e. The van der Waals surface area contributed by atoms with Crippen LogP contribution in [0.1, 0.15) is 48.3 Å². The van der Waals surface area contributed by atoms with E-state index in [0.717, 1.165) is 25.0 Å². The molecule has 0 atom stereocenters. The van der Waals surface area contributed by atoms with Crippen molar-refractivity contribution in [2.75, 3.05) is 6.54 Å². The predicted octanol–water partition coefficient (Wildman–Crippen LogP) is 2.10. The van der Waals surface area contributed by atoms with E-state index >= 15 is 0 Å². The van der Waals surface area contributed by atoms with E-state index in [1.54, 1.807) is 6.07 Å². The highest BCUT2D eigenvalue weighted by Crippen LogP contribution is 2.36. The highest BCUT2D eigenvalue weighted by Gasteiger charge is 2.39. The lowest BCUT2D eigenvalue weighted by Gasteiger charge is -2.33. The summed E-state index contributed by atoms with van der Waals surface area (Å²) in [5.41, 5.74) is 0.785. The predicted molar refractivity (Wildman–Crippen MR) is 75.6 cm³/mol. The summed E-state index contributed by atoms with van der Waals surface area (Å²) >= 11 is 0. The van der Waals surface area contributed by atoms with Crippen LogP contribution in [0.2, 0.25) is 0 Å². The van der Waals surface area contributed by atoms with Crippen molar-refractivity contribution in [1.29, 1.82) is 0 Å². The van der Waals surface area contributed by atoms with Crippen LogP contribution in [0.15, 0.2) is 12.1 Å². The standard InChI is InChI=1S/C15H22N2O3/c1-11-6-7-12(17(11)2)13(18)16-10-15(14(19)20)8-4-3-5-9-15/h6-7H,3-5,8-10H2,1-2H3,(H,16,18)(H,19,20). The summed E-state index contributed by atoms with van der Waals surface area (Å²) in [5.74, 6) is -0.993. The Balaban J connectivity index is 2.04. The molecule has 1 aromatic rings. The van der Waals surface area contributed by atoms with E-state index in [1.807, 2.05) is 24.6 Å². The number of carbonyl (C=O) groups excluding carboxylic acids is 1. The van der Waals surface area contributed by atoms with Crippen molar-refractivity contribution < 1.29 is 14.7 Å². The van der Waals surface area contributed by atoms with Gasteiger partial charge in [-0.25, -0.2) is 0 Å². The first-order valence-electron chi connectivity index (χ1n) is 7.10. The van der Waals surface area contributed by atoms with Crippen molar-refractivity contribution in [2.45, 2.75) is 39.0 Å². The number of carbonyl (C=O) groups is 2. The van der Waals surface area contributed by atoms with E-state index in [1.165, 1.54) is 0 Å². The van der Waals surface area contributed by atoms with Crippen LogP contribution in [-0.2, 0) is 11.8 Å². The maximum Gasteiger partial charge on any atom is 0.311 e. The van der Waals surface area contributed by atoms with Crippen LogP contribution < -0.4 is 5.32 Å². The third-order valence-electron chi connectivity index (χ3n) is 4.46. The first kappa shape index (κ1) is 14.6. The van der Waals surface area contributed by atoms with Crippen LogP contribution in [0.4, 0.5) is 0 Å². The number of nitrogens with zero attached hydrogens (tertiary/aromatic N) is 1. The van der Waals surface area contributed by atoms with Gasteiger partial charge in [0.05, 0.1) is 5.41 Å². The topological polar surface area (TPSA) is 71.3 Å². The highest BCUT2D eigenvalue weighted by molar-refractivity contribution is 5.93. The zero-order valence-electron chi connectivity index (χ0n) is 12.1. The molecule has 1 aromatic heterocycles. The maximum absolute atomic E-state index is 12.2. The zero-order valence-corrected chi connectivity index (χ0v) is 12.1. The van der Waals surface area contributed by atoms with Crippen molar-refractivity contribution in [3.63, 3.8) is 0 Å². The van der Waals surface area contributed by atoms with Crippen molar-refractivity contribution in [3.8, 4) is 0 Å². The molecule has 0 saturated heterocycles. The molecule has 5 nitrogen and oxygen atoms in total. The van der Waals surface area contributed by atoms with Gasteiger partial charge in [-0.1, -0.05) is 19.3 Å². The number of amides is 1. The minimum Gasteiger partial charge on any atom is -0.481 e. The average Bonchev–Trinajstić information content (AvgIpc) is 2.77. The van der Waals surface area contributed by atoms with Gasteiger partial charge in [-0.3, -0.25) is 9.59 Å². The zero-order chi connectivity index (χ0) is 14.8. The Labute approximate surface area is 119 Å². The SMILES string of the molecule is Cc1ccc(C(=O)NCC2(C(=O)O)CCCCC2)n1C. The molecule has 110 valence electrons. The molecular weight excluding hydrogens is 256 g/mol. The Morgan fingerprint density at radius 1 is 1.30 bits per heavy atom. The molecular formula is C15H22N2O3. The Kier molecular flexibility index (Phi) is 4.16. The Morgan fingerprint density at radius 2 is 1.95 bits per heavy atom. The number of aryl methyl sites for hydroxylation is 1. The van der Waals surface area contributed by atoms with Crippen LogP contribution in [0.25, 0.3) is 0 Å². The molecule has 1 fully saturated rings. The van der Waals surface area contributed by atoms with Crippen molar-refractivity contribution in [3.05, 3.63) is 23.5 Å². The molecule has 0 aliphatic heterocycles. The van der Waals surface area contributed by atoms with Gasteiger partial charge in [0.15, 0.2) is 0 Å². The molecule has 1 aliphatic carbocycles. The van der Waals surface area contributed by atoms with Gasteiger partial charge in [0, 0.05) is 19.3 Å². The summed E-state index contributed by atoms with van der Waals surface area (Å²) in [6.45, 7) is 2.14. The van der Waals surface area contributed by atoms with E-state index in [-0.39, 0.29) is 12.5 Å². The molecule has 1 heterocycles. The molecule has 2 N–H and O–H groups in total. The van der Waals surface area contributed by atoms with Crippen molar-refractivity contribution in [1.82, 2.24) is 9.88 Å². The quantitative estimate of drug-likeness (QED) is 0.886. The molecule has 2 rings (SSSR count). The molecule has 1 amide bonds. The summed E-state index contributed by atoms with van der Waals surface area (Å²) in [4.78, 5) is 23.7. The van der Waals surface area contributed by atoms with Gasteiger partial charge >= 0.3 is 5.97 Å². The van der Waals surface area contributed by atoms with Gasteiger partial charge in [0.1, 0.15) is 5.69 Å². The molecule has 20 heavy (non-hydrogen) atoms. The average molecular weight is 278 g/mol. The maximum atomic E-state index is 12.2. The summed E-state index contributed by atoms with van der Waals surface area (Å²) in [6.07, 6.45) is 4.22.